The molecule has 0 unspecified atom stereocenters. The number of hydrogen-bond donors (Lipinski definition) is 2. The van der Waals surface area contributed by atoms with E-state index in [1.807, 2.05) is 0 Å². The normalized spacial score (nSPS) is 20.7. The molecule has 0 atom stereocenters. The van der Waals surface area contributed by atoms with Crippen molar-refractivity contribution in [1.29, 1.82) is 0 Å². The molecule has 29 heavy (non-hydrogen) atoms. The molecule has 2 aliphatic rings. The summed E-state index contributed by atoms with van der Waals surface area (Å²) in [7, 11) is 0. The van der Waals surface area contributed by atoms with Crippen LogP contribution in [0.5, 0.6) is 0 Å². The van der Waals surface area contributed by atoms with Gasteiger partial charge < -0.3 is 16.4 Å². The molecule has 4 N–H and O–H groups in total. The number of nitrogens with two attached hydrogens (primary N) is 2. The largest absolute Gasteiger partial charge is 0.416 e. The monoisotopic (exact) mass is 409 g/mol. The minimum absolute atomic E-state index is 0.0427. The first kappa shape index (κ1) is 21.5. The van der Waals surface area contributed by atoms with Crippen LogP contribution in [0.4, 0.5) is 18.9 Å². The summed E-state index contributed by atoms with van der Waals surface area (Å²) in [5.41, 5.74) is 11.9. The quantitative estimate of drug-likeness (QED) is 0.548. The van der Waals surface area contributed by atoms with Crippen LogP contribution < -0.4 is 11.5 Å². The van der Waals surface area contributed by atoms with Crippen molar-refractivity contribution in [3.05, 3.63) is 29.8 Å². The van der Waals surface area contributed by atoms with Crippen LogP contribution in [0.25, 0.3) is 0 Å². The summed E-state index contributed by atoms with van der Waals surface area (Å²) in [6, 6.07) is 5.26. The molecule has 1 aromatic rings. The van der Waals surface area contributed by atoms with Crippen molar-refractivity contribution in [3.63, 3.8) is 0 Å². The van der Waals surface area contributed by atoms with Gasteiger partial charge in [-0.1, -0.05) is 38.5 Å². The summed E-state index contributed by atoms with van der Waals surface area (Å²) in [6.45, 7) is 0. The van der Waals surface area contributed by atoms with Crippen molar-refractivity contribution in [1.82, 2.24) is 4.90 Å². The van der Waals surface area contributed by atoms with Gasteiger partial charge in [0.05, 0.1) is 11.3 Å². The lowest BCUT2D eigenvalue weighted by atomic mass is 9.89. The molecule has 8 heteroatoms. The first-order valence-corrected chi connectivity index (χ1v) is 10.5. The van der Waals surface area contributed by atoms with E-state index in [0.717, 1.165) is 37.8 Å². The molecule has 0 aromatic heterocycles. The second-order valence-corrected chi connectivity index (χ2v) is 7.98. The Morgan fingerprint density at radius 1 is 0.828 bits per heavy atom. The third kappa shape index (κ3) is 5.87. The zero-order valence-corrected chi connectivity index (χ0v) is 16.7. The first-order chi connectivity index (χ1) is 13.8. The molecule has 0 aliphatic heterocycles. The van der Waals surface area contributed by atoms with Gasteiger partial charge in [0.25, 0.3) is 0 Å². The number of rotatable bonds is 3. The van der Waals surface area contributed by atoms with Crippen LogP contribution in [0.1, 0.15) is 69.8 Å². The van der Waals surface area contributed by atoms with Gasteiger partial charge in [-0.2, -0.15) is 18.2 Å². The Balaban J connectivity index is 1.78. The summed E-state index contributed by atoms with van der Waals surface area (Å²) in [5, 5.41) is 0. The SMILES string of the molecule is NC(=Nc1ccc(C(F)(F)F)cc1)N=C(N)N(C1CCCCC1)C1CCCCC1. The minimum Gasteiger partial charge on any atom is -0.369 e. The predicted molar refractivity (Wildman–Crippen MR) is 110 cm³/mol. The fraction of sp³-hybridized carbons (Fsp3) is 0.619. The van der Waals surface area contributed by atoms with E-state index in [9.17, 15) is 13.2 Å². The van der Waals surface area contributed by atoms with Crippen molar-refractivity contribution >= 4 is 17.6 Å². The van der Waals surface area contributed by atoms with E-state index in [-0.39, 0.29) is 5.96 Å². The van der Waals surface area contributed by atoms with Gasteiger partial charge in [-0.05, 0) is 49.9 Å². The van der Waals surface area contributed by atoms with E-state index in [0.29, 0.717) is 23.7 Å². The van der Waals surface area contributed by atoms with Gasteiger partial charge in [0.1, 0.15) is 0 Å². The average Bonchev–Trinajstić information content (AvgIpc) is 2.69. The Bertz CT molecular complexity index is 697. The number of guanidine groups is 2. The average molecular weight is 410 g/mol. The van der Waals surface area contributed by atoms with Crippen LogP contribution in [0.15, 0.2) is 34.3 Å². The maximum absolute atomic E-state index is 12.7. The van der Waals surface area contributed by atoms with Crippen molar-refractivity contribution in [3.8, 4) is 0 Å². The molecule has 2 saturated carbocycles. The van der Waals surface area contributed by atoms with Gasteiger partial charge in [0.15, 0.2) is 5.96 Å². The molecule has 2 aliphatic carbocycles. The molecular weight excluding hydrogens is 379 g/mol. The summed E-state index contributed by atoms with van der Waals surface area (Å²) < 4.78 is 38.1. The highest BCUT2D eigenvalue weighted by molar-refractivity contribution is 5.94. The Morgan fingerprint density at radius 2 is 1.31 bits per heavy atom. The van der Waals surface area contributed by atoms with E-state index < -0.39 is 11.7 Å². The lowest BCUT2D eigenvalue weighted by Crippen LogP contribution is -2.52. The number of nitrogens with zero attached hydrogens (tertiary/aromatic N) is 3. The topological polar surface area (TPSA) is 80.0 Å². The van der Waals surface area contributed by atoms with Gasteiger partial charge in [0, 0.05) is 12.1 Å². The molecule has 0 heterocycles. The van der Waals surface area contributed by atoms with E-state index in [2.05, 4.69) is 14.9 Å². The molecule has 0 radical (unpaired) electrons. The minimum atomic E-state index is -4.38. The second-order valence-electron chi connectivity index (χ2n) is 7.98. The third-order valence-corrected chi connectivity index (χ3v) is 5.87. The highest BCUT2D eigenvalue weighted by Crippen LogP contribution is 2.31. The van der Waals surface area contributed by atoms with E-state index in [4.69, 9.17) is 11.5 Å². The lowest BCUT2D eigenvalue weighted by Gasteiger charge is -2.42. The van der Waals surface area contributed by atoms with Crippen LogP contribution in [0, 0.1) is 0 Å². The van der Waals surface area contributed by atoms with E-state index >= 15 is 0 Å². The number of halogens is 3. The molecule has 0 saturated heterocycles. The van der Waals surface area contributed by atoms with Crippen LogP contribution in [0.3, 0.4) is 0 Å². The lowest BCUT2D eigenvalue weighted by molar-refractivity contribution is -0.137. The third-order valence-electron chi connectivity index (χ3n) is 5.87. The van der Waals surface area contributed by atoms with Crippen molar-refractivity contribution in [2.75, 3.05) is 0 Å². The van der Waals surface area contributed by atoms with Gasteiger partial charge in [-0.25, -0.2) is 4.99 Å². The van der Waals surface area contributed by atoms with Crippen LogP contribution in [0.2, 0.25) is 0 Å². The van der Waals surface area contributed by atoms with Crippen LogP contribution in [-0.2, 0) is 6.18 Å². The molecule has 0 bridgehead atoms. The second kappa shape index (κ2) is 9.50. The highest BCUT2D eigenvalue weighted by atomic mass is 19.4. The Morgan fingerprint density at radius 3 is 1.76 bits per heavy atom. The molecule has 1 aromatic carbocycles. The van der Waals surface area contributed by atoms with Crippen LogP contribution in [-0.4, -0.2) is 28.9 Å². The number of aliphatic imine (C=N–C) groups is 2. The molecule has 5 nitrogen and oxygen atoms in total. The standard InChI is InChI=1S/C21H30F3N5/c22-21(23,24)15-11-13-16(14-12-15)27-19(25)28-20(26)29(17-7-3-1-4-8-17)18-9-5-2-6-10-18/h11-14,17-18H,1-10H2,(H4,25,26,27,28). The number of benzene rings is 1. The molecule has 160 valence electrons. The molecule has 0 amide bonds. The summed E-state index contributed by atoms with van der Waals surface area (Å²) in [4.78, 5) is 10.7. The number of alkyl halides is 3. The number of hydrogen-bond acceptors (Lipinski definition) is 1. The predicted octanol–water partition coefficient (Wildman–Crippen LogP) is 4.93. The van der Waals surface area contributed by atoms with Crippen molar-refractivity contribution in [2.24, 2.45) is 21.5 Å². The smallest absolute Gasteiger partial charge is 0.369 e. The fourth-order valence-corrected chi connectivity index (χ4v) is 4.45. The van der Waals surface area contributed by atoms with E-state index in [1.54, 1.807) is 0 Å². The summed E-state index contributed by atoms with van der Waals surface area (Å²) >= 11 is 0. The maximum Gasteiger partial charge on any atom is 0.416 e. The Kier molecular flexibility index (Phi) is 7.03. The maximum atomic E-state index is 12.7. The van der Waals surface area contributed by atoms with Crippen LogP contribution >= 0.6 is 0 Å². The van der Waals surface area contributed by atoms with Gasteiger partial charge >= 0.3 is 6.18 Å². The summed E-state index contributed by atoms with van der Waals surface area (Å²) in [5.74, 6) is 0.329. The van der Waals surface area contributed by atoms with Gasteiger partial charge in [-0.15, -0.1) is 0 Å². The van der Waals surface area contributed by atoms with Gasteiger partial charge in [0.2, 0.25) is 5.96 Å². The van der Waals surface area contributed by atoms with Crippen molar-refractivity contribution in [2.45, 2.75) is 82.5 Å². The van der Waals surface area contributed by atoms with E-state index in [1.165, 1.54) is 50.7 Å². The molecule has 3 rings (SSSR count). The Labute approximate surface area is 170 Å². The summed E-state index contributed by atoms with van der Waals surface area (Å²) in [6.07, 6.45) is 7.29. The first-order valence-electron chi connectivity index (χ1n) is 10.5. The zero-order valence-electron chi connectivity index (χ0n) is 16.7. The molecule has 2 fully saturated rings. The Hall–Kier alpha value is -2.25. The highest BCUT2D eigenvalue weighted by Gasteiger charge is 2.31. The fourth-order valence-electron chi connectivity index (χ4n) is 4.45. The molecule has 0 spiro atoms. The zero-order chi connectivity index (χ0) is 20.9. The van der Waals surface area contributed by atoms with Crippen molar-refractivity contribution < 1.29 is 13.2 Å². The molecular formula is C21H30F3N5. The van der Waals surface area contributed by atoms with Gasteiger partial charge in [-0.3, -0.25) is 0 Å².